The molecular formula is C34H47NO4. The lowest BCUT2D eigenvalue weighted by Crippen LogP contribution is -2.40. The van der Waals surface area contributed by atoms with Crippen LogP contribution >= 0.6 is 0 Å². The van der Waals surface area contributed by atoms with E-state index in [2.05, 4.69) is 44.7 Å². The largest absolute Gasteiger partial charge is 0.393 e. The number of aliphatic hydroxyl groups is 3. The molecular weight excluding hydrogens is 486 g/mol. The number of hydrogen-bond donors (Lipinski definition) is 3. The van der Waals surface area contributed by atoms with Gasteiger partial charge < -0.3 is 20.2 Å². The van der Waals surface area contributed by atoms with Crippen LogP contribution in [0.1, 0.15) is 84.1 Å². The maximum absolute atomic E-state index is 13.2. The van der Waals surface area contributed by atoms with E-state index in [0.717, 1.165) is 29.6 Å². The molecule has 1 aliphatic heterocycles. The summed E-state index contributed by atoms with van der Waals surface area (Å²) in [6.45, 7) is 11.2. The molecule has 5 heteroatoms. The zero-order valence-corrected chi connectivity index (χ0v) is 24.0. The van der Waals surface area contributed by atoms with Crippen molar-refractivity contribution >= 4 is 5.91 Å². The molecule has 0 radical (unpaired) electrons. The Balaban J connectivity index is 1.31. The van der Waals surface area contributed by atoms with Gasteiger partial charge >= 0.3 is 0 Å². The normalized spacial score (nSPS) is 39.9. The van der Waals surface area contributed by atoms with E-state index in [1.54, 1.807) is 6.92 Å². The molecule has 5 rings (SSSR count). The number of likely N-dealkylation sites (tertiary alicyclic amines) is 1. The van der Waals surface area contributed by atoms with Gasteiger partial charge in [-0.05, 0) is 91.7 Å². The number of amides is 1. The van der Waals surface area contributed by atoms with Crippen LogP contribution in [0, 0.1) is 23.2 Å². The molecule has 3 N–H and O–H groups in total. The van der Waals surface area contributed by atoms with Crippen LogP contribution in [0.15, 0.2) is 65.8 Å². The number of carbonyl (C=O) groups excluding carboxylic acids is 1. The molecule has 0 aromatic heterocycles. The summed E-state index contributed by atoms with van der Waals surface area (Å²) in [5.74, 6) is 1.42. The van der Waals surface area contributed by atoms with E-state index in [0.29, 0.717) is 43.6 Å². The minimum absolute atomic E-state index is 0.0452. The number of fused-ring (bicyclic) bond motifs is 1. The SMILES string of the molecule is C=C1/C(=C\C=C2/CCC[C@]3(C)[C@@H]([C@H](C)C[C@H]4CC(C)(O)C(=O)N4Cc4ccccc4)CC[C@@H]23)C[C@@H](O)C[C@@H]1O. The lowest BCUT2D eigenvalue weighted by Gasteiger charge is -2.45. The van der Waals surface area contributed by atoms with E-state index in [1.807, 2.05) is 23.1 Å². The zero-order valence-electron chi connectivity index (χ0n) is 24.0. The minimum Gasteiger partial charge on any atom is -0.393 e. The molecule has 1 heterocycles. The highest BCUT2D eigenvalue weighted by molar-refractivity contribution is 5.87. The van der Waals surface area contributed by atoms with Gasteiger partial charge in [0.05, 0.1) is 12.2 Å². The van der Waals surface area contributed by atoms with E-state index in [9.17, 15) is 20.1 Å². The monoisotopic (exact) mass is 533 g/mol. The van der Waals surface area contributed by atoms with Gasteiger partial charge in [-0.3, -0.25) is 4.79 Å². The summed E-state index contributed by atoms with van der Waals surface area (Å²) < 4.78 is 0. The van der Waals surface area contributed by atoms with Gasteiger partial charge in [0.2, 0.25) is 0 Å². The van der Waals surface area contributed by atoms with Crippen molar-refractivity contribution in [1.82, 2.24) is 4.90 Å². The summed E-state index contributed by atoms with van der Waals surface area (Å²) >= 11 is 0. The highest BCUT2D eigenvalue weighted by Crippen LogP contribution is 2.60. The van der Waals surface area contributed by atoms with Gasteiger partial charge in [-0.25, -0.2) is 0 Å². The van der Waals surface area contributed by atoms with Crippen LogP contribution in [0.3, 0.4) is 0 Å². The lowest BCUT2D eigenvalue weighted by molar-refractivity contribution is -0.142. The van der Waals surface area contributed by atoms with Crippen molar-refractivity contribution < 1.29 is 20.1 Å². The van der Waals surface area contributed by atoms with Gasteiger partial charge in [0.25, 0.3) is 5.91 Å². The Morgan fingerprint density at radius 1 is 1.15 bits per heavy atom. The molecule has 4 aliphatic rings. The Labute approximate surface area is 234 Å². The summed E-state index contributed by atoms with van der Waals surface area (Å²) in [5.41, 5.74) is 3.25. The molecule has 5 nitrogen and oxygen atoms in total. The van der Waals surface area contributed by atoms with Crippen molar-refractivity contribution in [3.63, 3.8) is 0 Å². The number of aliphatic hydroxyl groups excluding tert-OH is 2. The van der Waals surface area contributed by atoms with Gasteiger partial charge in [0, 0.05) is 25.4 Å². The number of rotatable bonds is 6. The van der Waals surface area contributed by atoms with Gasteiger partial charge in [-0.2, -0.15) is 0 Å². The third-order valence-corrected chi connectivity index (χ3v) is 10.6. The Hall–Kier alpha value is -2.21. The third kappa shape index (κ3) is 5.55. The molecule has 1 saturated heterocycles. The molecule has 1 amide bonds. The molecule has 3 aliphatic carbocycles. The molecule has 212 valence electrons. The third-order valence-electron chi connectivity index (χ3n) is 10.6. The molecule has 8 atom stereocenters. The number of carbonyl (C=O) groups is 1. The topological polar surface area (TPSA) is 81.0 Å². The van der Waals surface area contributed by atoms with Crippen LogP contribution in [0.5, 0.6) is 0 Å². The van der Waals surface area contributed by atoms with Crippen molar-refractivity contribution in [2.24, 2.45) is 23.2 Å². The van der Waals surface area contributed by atoms with Crippen molar-refractivity contribution in [2.45, 2.75) is 109 Å². The Kier molecular flexibility index (Phi) is 7.98. The lowest BCUT2D eigenvalue weighted by atomic mass is 9.60. The second kappa shape index (κ2) is 11.0. The zero-order chi connectivity index (χ0) is 27.9. The van der Waals surface area contributed by atoms with Gasteiger partial charge in [0.15, 0.2) is 0 Å². The maximum Gasteiger partial charge on any atom is 0.254 e. The quantitative estimate of drug-likeness (QED) is 0.438. The van der Waals surface area contributed by atoms with Crippen molar-refractivity contribution in [3.05, 3.63) is 71.3 Å². The molecule has 0 spiro atoms. The van der Waals surface area contributed by atoms with Crippen LogP contribution in [-0.4, -0.2) is 50.0 Å². The first-order valence-corrected chi connectivity index (χ1v) is 15.0. The first-order valence-electron chi connectivity index (χ1n) is 15.0. The Morgan fingerprint density at radius 3 is 2.64 bits per heavy atom. The fourth-order valence-electron chi connectivity index (χ4n) is 8.60. The van der Waals surface area contributed by atoms with Gasteiger partial charge in [-0.1, -0.05) is 68.5 Å². The van der Waals surface area contributed by atoms with Crippen LogP contribution in [-0.2, 0) is 11.3 Å². The van der Waals surface area contributed by atoms with Crippen LogP contribution < -0.4 is 0 Å². The fraction of sp³-hybridized carbons (Fsp3) is 0.618. The Morgan fingerprint density at radius 2 is 1.90 bits per heavy atom. The highest BCUT2D eigenvalue weighted by Gasteiger charge is 2.53. The van der Waals surface area contributed by atoms with E-state index in [4.69, 9.17) is 0 Å². The molecule has 1 aromatic carbocycles. The van der Waals surface area contributed by atoms with Crippen molar-refractivity contribution in [3.8, 4) is 0 Å². The van der Waals surface area contributed by atoms with Crippen LogP contribution in [0.2, 0.25) is 0 Å². The molecule has 4 fully saturated rings. The molecule has 1 aromatic rings. The van der Waals surface area contributed by atoms with Crippen LogP contribution in [0.4, 0.5) is 0 Å². The summed E-state index contributed by atoms with van der Waals surface area (Å²) in [7, 11) is 0. The van der Waals surface area contributed by atoms with E-state index in [-0.39, 0.29) is 17.4 Å². The van der Waals surface area contributed by atoms with E-state index in [1.165, 1.54) is 31.3 Å². The van der Waals surface area contributed by atoms with E-state index >= 15 is 0 Å². The molecule has 1 unspecified atom stereocenters. The molecule has 39 heavy (non-hydrogen) atoms. The van der Waals surface area contributed by atoms with Crippen LogP contribution in [0.25, 0.3) is 0 Å². The average Bonchev–Trinajstić information content (AvgIpc) is 3.35. The highest BCUT2D eigenvalue weighted by atomic mass is 16.3. The predicted molar refractivity (Wildman–Crippen MR) is 155 cm³/mol. The van der Waals surface area contributed by atoms with Gasteiger partial charge in [0.1, 0.15) is 5.60 Å². The number of allylic oxidation sites excluding steroid dienone is 3. The first-order chi connectivity index (χ1) is 18.5. The second-order valence-electron chi connectivity index (χ2n) is 13.4. The molecule has 0 bridgehead atoms. The predicted octanol–water partition coefficient (Wildman–Crippen LogP) is 5.71. The average molecular weight is 534 g/mol. The summed E-state index contributed by atoms with van der Waals surface area (Å²) in [6, 6.07) is 10.2. The standard InChI is InChI=1S/C34H47NO4/c1-22(17-27-20-34(4,39)32(38)35(27)21-24-9-6-5-7-10-24)29-14-15-30-25(11-8-16-33(29,30)3)12-13-26-18-28(36)19-31(37)23(26)2/h5-7,9-10,12-13,22,27-31,36-37,39H,2,8,11,14-21H2,1,3-4H3/b25-12+,26-13-/t22-,27+,28-,29-,30+,31+,33-,34?/m1/s1. The van der Waals surface area contributed by atoms with Crippen molar-refractivity contribution in [2.75, 3.05) is 0 Å². The second-order valence-corrected chi connectivity index (χ2v) is 13.4. The minimum atomic E-state index is -1.29. The molecule has 3 saturated carbocycles. The maximum atomic E-state index is 13.2. The van der Waals surface area contributed by atoms with Crippen molar-refractivity contribution in [1.29, 1.82) is 0 Å². The number of benzene rings is 1. The summed E-state index contributed by atoms with van der Waals surface area (Å²) in [5, 5.41) is 31.3. The Bertz CT molecular complexity index is 1140. The van der Waals surface area contributed by atoms with Gasteiger partial charge in [-0.15, -0.1) is 0 Å². The summed E-state index contributed by atoms with van der Waals surface area (Å²) in [6.07, 6.45) is 11.4. The number of nitrogens with zero attached hydrogens (tertiary/aromatic N) is 1. The summed E-state index contributed by atoms with van der Waals surface area (Å²) in [4.78, 5) is 15.1. The number of hydrogen-bond acceptors (Lipinski definition) is 4. The van der Waals surface area contributed by atoms with E-state index < -0.39 is 17.8 Å². The first kappa shape index (κ1) is 28.3. The fourth-order valence-corrected chi connectivity index (χ4v) is 8.60. The smallest absolute Gasteiger partial charge is 0.254 e.